The molecule has 6 heteroatoms. The van der Waals surface area contributed by atoms with Crippen molar-refractivity contribution in [3.8, 4) is 0 Å². The molecule has 138 valence electrons. The van der Waals surface area contributed by atoms with E-state index < -0.39 is 0 Å². The molecule has 2 N–H and O–H groups in total. The highest BCUT2D eigenvalue weighted by molar-refractivity contribution is 5.90. The number of amides is 2. The summed E-state index contributed by atoms with van der Waals surface area (Å²) in [5.41, 5.74) is 0. The second-order valence-corrected chi connectivity index (χ2v) is 6.15. The lowest BCUT2D eigenvalue weighted by Crippen LogP contribution is -2.12. The van der Waals surface area contributed by atoms with Gasteiger partial charge in [0, 0.05) is 25.2 Å². The zero-order valence-electron chi connectivity index (χ0n) is 15.0. The van der Waals surface area contributed by atoms with Crippen molar-refractivity contribution in [2.75, 3.05) is 10.6 Å². The summed E-state index contributed by atoms with van der Waals surface area (Å²) in [6.45, 7) is 0. The number of rotatable bonds is 11. The quantitative estimate of drug-likeness (QED) is 0.593. The number of aromatic nitrogens is 2. The first-order valence-electron chi connectivity index (χ1n) is 9.16. The molecule has 0 bridgehead atoms. The zero-order valence-corrected chi connectivity index (χ0v) is 15.0. The van der Waals surface area contributed by atoms with Crippen LogP contribution in [0.5, 0.6) is 0 Å². The van der Waals surface area contributed by atoms with Crippen LogP contribution in [0.3, 0.4) is 0 Å². The minimum absolute atomic E-state index is 0.00916. The van der Waals surface area contributed by atoms with Gasteiger partial charge in [0.25, 0.3) is 0 Å². The van der Waals surface area contributed by atoms with Crippen LogP contribution in [0.4, 0.5) is 11.6 Å². The third-order valence-corrected chi connectivity index (χ3v) is 3.92. The van der Waals surface area contributed by atoms with Gasteiger partial charge < -0.3 is 10.6 Å². The topological polar surface area (TPSA) is 84.0 Å². The number of hydrogen-bond donors (Lipinski definition) is 2. The Hall–Kier alpha value is -2.76. The molecule has 0 aromatic carbocycles. The highest BCUT2D eigenvalue weighted by atomic mass is 16.2. The summed E-state index contributed by atoms with van der Waals surface area (Å²) in [5.74, 6) is 1.22. The number of hydrogen-bond acceptors (Lipinski definition) is 4. The lowest BCUT2D eigenvalue weighted by atomic mass is 10.1. The fraction of sp³-hybridized carbons (Fsp3) is 0.400. The predicted molar refractivity (Wildman–Crippen MR) is 103 cm³/mol. The maximum absolute atomic E-state index is 11.8. The zero-order chi connectivity index (χ0) is 18.5. The second-order valence-electron chi connectivity index (χ2n) is 6.15. The number of unbranched alkanes of at least 4 members (excludes halogenated alkanes) is 5. The Morgan fingerprint density at radius 3 is 1.46 bits per heavy atom. The Morgan fingerprint density at radius 2 is 1.08 bits per heavy atom. The van der Waals surface area contributed by atoms with Gasteiger partial charge in [-0.25, -0.2) is 9.97 Å². The van der Waals surface area contributed by atoms with Crippen molar-refractivity contribution in [2.45, 2.75) is 51.4 Å². The van der Waals surface area contributed by atoms with E-state index in [4.69, 9.17) is 0 Å². The molecule has 0 aliphatic carbocycles. The van der Waals surface area contributed by atoms with E-state index in [1.54, 1.807) is 24.5 Å². The first-order chi connectivity index (χ1) is 12.7. The van der Waals surface area contributed by atoms with E-state index >= 15 is 0 Å². The highest BCUT2D eigenvalue weighted by Crippen LogP contribution is 2.10. The number of nitrogens with zero attached hydrogens (tertiary/aromatic N) is 2. The maximum Gasteiger partial charge on any atom is 0.225 e. The molecule has 26 heavy (non-hydrogen) atoms. The number of carbonyl (C=O) groups is 2. The molecule has 0 saturated heterocycles. The van der Waals surface area contributed by atoms with E-state index in [0.717, 1.165) is 38.5 Å². The minimum atomic E-state index is 0.00916. The Bertz CT molecular complexity index is 603. The molecule has 0 aliphatic rings. The standard InChI is InChI=1S/C20H26N4O2/c25-19(23-17-11-7-9-15-21-17)13-5-3-1-2-4-6-14-20(26)24-18-12-8-10-16-22-18/h7-12,15-16H,1-6,13-14H2,(H,21,23,25)(H,22,24,26). The van der Waals surface area contributed by atoms with E-state index in [1.807, 2.05) is 24.3 Å². The lowest BCUT2D eigenvalue weighted by molar-refractivity contribution is -0.117. The van der Waals surface area contributed by atoms with Crippen LogP contribution in [0.1, 0.15) is 51.4 Å². The maximum atomic E-state index is 11.8. The summed E-state index contributed by atoms with van der Waals surface area (Å²) < 4.78 is 0. The van der Waals surface area contributed by atoms with Crippen LogP contribution < -0.4 is 10.6 Å². The van der Waals surface area contributed by atoms with Crippen molar-refractivity contribution in [1.82, 2.24) is 9.97 Å². The van der Waals surface area contributed by atoms with Crippen LogP contribution in [0.15, 0.2) is 48.8 Å². The molecule has 2 heterocycles. The van der Waals surface area contributed by atoms with Crippen LogP contribution in [-0.2, 0) is 9.59 Å². The van der Waals surface area contributed by atoms with Gasteiger partial charge in [0.05, 0.1) is 0 Å². The van der Waals surface area contributed by atoms with Gasteiger partial charge in [-0.3, -0.25) is 9.59 Å². The van der Waals surface area contributed by atoms with E-state index in [-0.39, 0.29) is 11.8 Å². The molecular formula is C20H26N4O2. The summed E-state index contributed by atoms with van der Waals surface area (Å²) in [4.78, 5) is 31.7. The van der Waals surface area contributed by atoms with Crippen molar-refractivity contribution in [3.63, 3.8) is 0 Å². The molecule has 2 aromatic rings. The van der Waals surface area contributed by atoms with Gasteiger partial charge in [0.2, 0.25) is 11.8 Å². The Morgan fingerprint density at radius 1 is 0.654 bits per heavy atom. The largest absolute Gasteiger partial charge is 0.311 e. The van der Waals surface area contributed by atoms with Crippen molar-refractivity contribution < 1.29 is 9.59 Å². The van der Waals surface area contributed by atoms with Crippen LogP contribution in [0, 0.1) is 0 Å². The summed E-state index contributed by atoms with van der Waals surface area (Å²) in [6.07, 6.45) is 10.3. The molecule has 0 aliphatic heterocycles. The fourth-order valence-electron chi connectivity index (χ4n) is 2.56. The van der Waals surface area contributed by atoms with Crippen molar-refractivity contribution >= 4 is 23.5 Å². The van der Waals surface area contributed by atoms with E-state index in [2.05, 4.69) is 20.6 Å². The van der Waals surface area contributed by atoms with Crippen LogP contribution in [0.2, 0.25) is 0 Å². The van der Waals surface area contributed by atoms with Gasteiger partial charge in [-0.05, 0) is 37.1 Å². The van der Waals surface area contributed by atoms with Gasteiger partial charge >= 0.3 is 0 Å². The summed E-state index contributed by atoms with van der Waals surface area (Å²) >= 11 is 0. The van der Waals surface area contributed by atoms with Gasteiger partial charge in [0.15, 0.2) is 0 Å². The van der Waals surface area contributed by atoms with Gasteiger partial charge in [-0.15, -0.1) is 0 Å². The molecular weight excluding hydrogens is 328 g/mol. The lowest BCUT2D eigenvalue weighted by Gasteiger charge is -2.05. The average molecular weight is 354 g/mol. The van der Waals surface area contributed by atoms with Crippen LogP contribution in [-0.4, -0.2) is 21.8 Å². The molecule has 0 saturated carbocycles. The van der Waals surface area contributed by atoms with Crippen molar-refractivity contribution in [2.24, 2.45) is 0 Å². The Kier molecular flexibility index (Phi) is 8.83. The summed E-state index contributed by atoms with van der Waals surface area (Å²) in [5, 5.41) is 5.57. The molecule has 0 unspecified atom stereocenters. The summed E-state index contributed by atoms with van der Waals surface area (Å²) in [7, 11) is 0. The monoisotopic (exact) mass is 354 g/mol. The molecule has 2 rings (SSSR count). The van der Waals surface area contributed by atoms with Crippen LogP contribution in [0.25, 0.3) is 0 Å². The molecule has 6 nitrogen and oxygen atoms in total. The smallest absolute Gasteiger partial charge is 0.225 e. The number of pyridine rings is 2. The van der Waals surface area contributed by atoms with E-state index in [1.165, 1.54) is 0 Å². The third-order valence-electron chi connectivity index (χ3n) is 3.92. The first-order valence-corrected chi connectivity index (χ1v) is 9.16. The number of carbonyl (C=O) groups excluding carboxylic acids is 2. The normalized spacial score (nSPS) is 10.3. The fourth-order valence-corrected chi connectivity index (χ4v) is 2.56. The third kappa shape index (κ3) is 8.37. The second kappa shape index (κ2) is 11.7. The molecule has 2 amide bonds. The molecule has 2 aromatic heterocycles. The Balaban J connectivity index is 1.43. The molecule has 0 atom stereocenters. The van der Waals surface area contributed by atoms with Gasteiger partial charge in [-0.1, -0.05) is 37.8 Å². The first kappa shape index (κ1) is 19.6. The predicted octanol–water partition coefficient (Wildman–Crippen LogP) is 4.17. The molecule has 0 radical (unpaired) electrons. The SMILES string of the molecule is O=C(CCCCCCCCC(=O)Nc1ccccn1)Nc1ccccn1. The van der Waals surface area contributed by atoms with Crippen molar-refractivity contribution in [3.05, 3.63) is 48.8 Å². The Labute approximate surface area is 154 Å². The molecule has 0 fully saturated rings. The van der Waals surface area contributed by atoms with E-state index in [9.17, 15) is 9.59 Å². The number of nitrogens with one attached hydrogen (secondary N) is 2. The number of anilines is 2. The molecule has 0 spiro atoms. The minimum Gasteiger partial charge on any atom is -0.311 e. The van der Waals surface area contributed by atoms with Crippen LogP contribution >= 0.6 is 0 Å². The van der Waals surface area contributed by atoms with Gasteiger partial charge in [0.1, 0.15) is 11.6 Å². The summed E-state index contributed by atoms with van der Waals surface area (Å²) in [6, 6.07) is 10.9. The average Bonchev–Trinajstić information content (AvgIpc) is 2.65. The van der Waals surface area contributed by atoms with Gasteiger partial charge in [-0.2, -0.15) is 0 Å². The highest BCUT2D eigenvalue weighted by Gasteiger charge is 2.04. The van der Waals surface area contributed by atoms with Crippen molar-refractivity contribution in [1.29, 1.82) is 0 Å². The van der Waals surface area contributed by atoms with E-state index in [0.29, 0.717) is 24.5 Å².